The van der Waals surface area contributed by atoms with E-state index in [1.807, 2.05) is 45.9 Å². The number of ether oxygens (including phenoxy) is 1. The van der Waals surface area contributed by atoms with Gasteiger partial charge in [-0.15, -0.1) is 0 Å². The van der Waals surface area contributed by atoms with Gasteiger partial charge in [-0.05, 0) is 61.6 Å². The fourth-order valence-electron chi connectivity index (χ4n) is 4.47. The second-order valence-corrected chi connectivity index (χ2v) is 8.74. The molecule has 0 aliphatic heterocycles. The molecule has 3 aromatic carbocycles. The Labute approximate surface area is 212 Å². The van der Waals surface area contributed by atoms with Crippen molar-refractivity contribution in [1.29, 1.82) is 5.26 Å². The quantitative estimate of drug-likeness (QED) is 0.311. The van der Waals surface area contributed by atoms with E-state index in [2.05, 4.69) is 57.9 Å². The molecule has 0 saturated heterocycles. The standard InChI is InChI=1S/C28H26N4O2.C2H6/c1-18(2)33-26-14-11-20(15-21(26)16-29)28-31-27(32-34-28)24-10-6-9-23-22(24)12-13-25(23)30-17-19-7-4-3-5-8-19;1-2/h3-11,14-15,18,25,30H,12-13,17H2,1-2H3;1-2H3. The maximum atomic E-state index is 9.53. The Kier molecular flexibility index (Phi) is 8.14. The van der Waals surface area contributed by atoms with Crippen molar-refractivity contribution in [2.24, 2.45) is 0 Å². The van der Waals surface area contributed by atoms with Crippen molar-refractivity contribution < 1.29 is 9.26 Å². The molecule has 1 heterocycles. The minimum atomic E-state index is -0.0147. The van der Waals surface area contributed by atoms with E-state index in [1.54, 1.807) is 12.1 Å². The Morgan fingerprint density at radius 3 is 2.64 bits per heavy atom. The Morgan fingerprint density at radius 1 is 1.08 bits per heavy atom. The van der Waals surface area contributed by atoms with Crippen molar-refractivity contribution in [3.05, 3.63) is 89.0 Å². The number of nitrogens with zero attached hydrogens (tertiary/aromatic N) is 3. The van der Waals surface area contributed by atoms with E-state index in [0.717, 1.165) is 24.9 Å². The smallest absolute Gasteiger partial charge is 0.258 e. The molecule has 1 atom stereocenters. The number of nitrogens with one attached hydrogen (secondary N) is 1. The Bertz CT molecular complexity index is 1340. The molecular weight excluding hydrogens is 448 g/mol. The largest absolute Gasteiger partial charge is 0.490 e. The van der Waals surface area contributed by atoms with E-state index in [-0.39, 0.29) is 6.10 Å². The van der Waals surface area contributed by atoms with Crippen LogP contribution in [-0.2, 0) is 13.0 Å². The second kappa shape index (κ2) is 11.7. The van der Waals surface area contributed by atoms with Crippen LogP contribution in [0.5, 0.6) is 5.75 Å². The van der Waals surface area contributed by atoms with Gasteiger partial charge in [0.2, 0.25) is 5.82 Å². The van der Waals surface area contributed by atoms with Crippen molar-refractivity contribution in [3.8, 4) is 34.7 Å². The van der Waals surface area contributed by atoms with Crippen LogP contribution < -0.4 is 10.1 Å². The van der Waals surface area contributed by atoms with Gasteiger partial charge in [0.15, 0.2) is 0 Å². The highest BCUT2D eigenvalue weighted by atomic mass is 16.5. The first-order chi connectivity index (χ1) is 17.6. The molecule has 0 spiro atoms. The van der Waals surface area contributed by atoms with Crippen LogP contribution in [0, 0.1) is 11.3 Å². The van der Waals surface area contributed by atoms with Gasteiger partial charge in [-0.2, -0.15) is 10.2 Å². The van der Waals surface area contributed by atoms with Crippen LogP contribution in [0.1, 0.15) is 62.4 Å². The van der Waals surface area contributed by atoms with E-state index < -0.39 is 0 Å². The van der Waals surface area contributed by atoms with Gasteiger partial charge < -0.3 is 14.6 Å². The average molecular weight is 481 g/mol. The molecule has 0 amide bonds. The van der Waals surface area contributed by atoms with Crippen LogP contribution in [0.25, 0.3) is 22.8 Å². The summed E-state index contributed by atoms with van der Waals surface area (Å²) >= 11 is 0. The minimum Gasteiger partial charge on any atom is -0.490 e. The molecule has 4 aromatic rings. The van der Waals surface area contributed by atoms with Crippen LogP contribution in [0.2, 0.25) is 0 Å². The number of fused-ring (bicyclic) bond motifs is 1. The van der Waals surface area contributed by atoms with Gasteiger partial charge >= 0.3 is 0 Å². The molecule has 5 rings (SSSR count). The van der Waals surface area contributed by atoms with Crippen molar-refractivity contribution in [2.45, 2.75) is 59.2 Å². The lowest BCUT2D eigenvalue weighted by molar-refractivity contribution is 0.241. The summed E-state index contributed by atoms with van der Waals surface area (Å²) in [5.74, 6) is 1.50. The van der Waals surface area contributed by atoms with Gasteiger partial charge in [0.25, 0.3) is 5.89 Å². The van der Waals surface area contributed by atoms with E-state index in [9.17, 15) is 5.26 Å². The maximum absolute atomic E-state index is 9.53. The molecule has 6 heteroatoms. The third-order valence-corrected chi connectivity index (χ3v) is 6.04. The average Bonchev–Trinajstić information content (AvgIpc) is 3.57. The van der Waals surface area contributed by atoms with Gasteiger partial charge in [-0.25, -0.2) is 0 Å². The molecular formula is C30H32N4O2. The number of rotatable bonds is 7. The van der Waals surface area contributed by atoms with Crippen molar-refractivity contribution >= 4 is 0 Å². The fourth-order valence-corrected chi connectivity index (χ4v) is 4.47. The van der Waals surface area contributed by atoms with Crippen molar-refractivity contribution in [2.75, 3.05) is 0 Å². The van der Waals surface area contributed by atoms with E-state index >= 15 is 0 Å². The lowest BCUT2D eigenvalue weighted by Crippen LogP contribution is -2.18. The molecule has 36 heavy (non-hydrogen) atoms. The molecule has 0 fully saturated rings. The van der Waals surface area contributed by atoms with E-state index in [4.69, 9.17) is 9.26 Å². The van der Waals surface area contributed by atoms with Gasteiger partial charge in [-0.3, -0.25) is 0 Å². The Hall–Kier alpha value is -3.95. The zero-order valence-electron chi connectivity index (χ0n) is 21.3. The molecule has 1 unspecified atom stereocenters. The molecule has 0 bridgehead atoms. The molecule has 0 radical (unpaired) electrons. The normalized spacial score (nSPS) is 14.1. The Morgan fingerprint density at radius 2 is 1.89 bits per heavy atom. The summed E-state index contributed by atoms with van der Waals surface area (Å²) < 4.78 is 11.3. The first-order valence-electron chi connectivity index (χ1n) is 12.6. The van der Waals surface area contributed by atoms with Gasteiger partial charge in [-0.1, -0.05) is 67.5 Å². The van der Waals surface area contributed by atoms with Crippen LogP contribution in [-0.4, -0.2) is 16.2 Å². The zero-order chi connectivity index (χ0) is 25.5. The number of hydrogen-bond acceptors (Lipinski definition) is 6. The van der Waals surface area contributed by atoms with Crippen LogP contribution in [0.15, 0.2) is 71.3 Å². The number of hydrogen-bond donors (Lipinski definition) is 1. The van der Waals surface area contributed by atoms with E-state index in [1.165, 1.54) is 16.7 Å². The molecule has 1 aliphatic carbocycles. The molecule has 184 valence electrons. The number of benzene rings is 3. The molecule has 0 saturated carbocycles. The predicted molar refractivity (Wildman–Crippen MR) is 141 cm³/mol. The zero-order valence-corrected chi connectivity index (χ0v) is 21.3. The van der Waals surface area contributed by atoms with Crippen molar-refractivity contribution in [3.63, 3.8) is 0 Å². The fraction of sp³-hybridized carbons (Fsp3) is 0.300. The summed E-state index contributed by atoms with van der Waals surface area (Å²) in [6, 6.07) is 24.6. The van der Waals surface area contributed by atoms with Gasteiger partial charge in [0, 0.05) is 23.7 Å². The first kappa shape index (κ1) is 25.2. The summed E-state index contributed by atoms with van der Waals surface area (Å²) in [4.78, 5) is 4.66. The highest BCUT2D eigenvalue weighted by molar-refractivity contribution is 5.67. The molecule has 1 aromatic heterocycles. The second-order valence-electron chi connectivity index (χ2n) is 8.74. The summed E-state index contributed by atoms with van der Waals surface area (Å²) in [6.45, 7) is 8.69. The van der Waals surface area contributed by atoms with Crippen molar-refractivity contribution in [1.82, 2.24) is 15.5 Å². The summed E-state index contributed by atoms with van der Waals surface area (Å²) in [5, 5.41) is 17.5. The van der Waals surface area contributed by atoms with E-state index in [0.29, 0.717) is 34.6 Å². The summed E-state index contributed by atoms with van der Waals surface area (Å²) in [7, 11) is 0. The SMILES string of the molecule is CC.CC(C)Oc1ccc(-c2nc(-c3cccc4c3CCC4NCc3ccccc3)no2)cc1C#N. The molecule has 1 aliphatic rings. The molecule has 1 N–H and O–H groups in total. The molecule has 6 nitrogen and oxygen atoms in total. The third-order valence-electron chi connectivity index (χ3n) is 6.04. The van der Waals surface area contributed by atoms with Crippen LogP contribution in [0.3, 0.4) is 0 Å². The lowest BCUT2D eigenvalue weighted by atomic mass is 10.0. The third kappa shape index (κ3) is 5.48. The van der Waals surface area contributed by atoms with Gasteiger partial charge in [0.1, 0.15) is 11.8 Å². The number of aromatic nitrogens is 2. The van der Waals surface area contributed by atoms with Gasteiger partial charge in [0.05, 0.1) is 11.7 Å². The lowest BCUT2D eigenvalue weighted by Gasteiger charge is -2.14. The summed E-state index contributed by atoms with van der Waals surface area (Å²) in [6.07, 6.45) is 1.98. The Balaban J connectivity index is 0.00000148. The summed E-state index contributed by atoms with van der Waals surface area (Å²) in [5.41, 5.74) is 5.97. The first-order valence-corrected chi connectivity index (χ1v) is 12.6. The van der Waals surface area contributed by atoms with Crippen LogP contribution in [0.4, 0.5) is 0 Å². The monoisotopic (exact) mass is 480 g/mol. The maximum Gasteiger partial charge on any atom is 0.258 e. The van der Waals surface area contributed by atoms with Crippen LogP contribution >= 0.6 is 0 Å². The highest BCUT2D eigenvalue weighted by Gasteiger charge is 2.26. The highest BCUT2D eigenvalue weighted by Crippen LogP contribution is 2.37. The topological polar surface area (TPSA) is 84.0 Å². The predicted octanol–water partition coefficient (Wildman–Crippen LogP) is 6.87. The number of nitriles is 1. The minimum absolute atomic E-state index is 0.0147.